The van der Waals surface area contributed by atoms with E-state index in [-0.39, 0.29) is 30.0 Å². The highest BCUT2D eigenvalue weighted by Crippen LogP contribution is 2.24. The number of nitrogens with one attached hydrogen (secondary N) is 2. The summed E-state index contributed by atoms with van der Waals surface area (Å²) in [6.45, 7) is 7.76. The predicted molar refractivity (Wildman–Crippen MR) is 122 cm³/mol. The third kappa shape index (κ3) is 9.30. The van der Waals surface area contributed by atoms with Crippen molar-refractivity contribution < 1.29 is 9.15 Å². The first-order chi connectivity index (χ1) is 12.8. The second-order valence-corrected chi connectivity index (χ2v) is 6.83. The Morgan fingerprint density at radius 1 is 1.22 bits per heavy atom. The van der Waals surface area contributed by atoms with Crippen molar-refractivity contribution in [1.29, 1.82) is 0 Å². The fourth-order valence-electron chi connectivity index (χ4n) is 3.26. The largest absolute Gasteiger partial charge is 0.468 e. The number of hydrogen-bond donors (Lipinski definition) is 2. The maximum absolute atomic E-state index is 5.70. The van der Waals surface area contributed by atoms with E-state index in [2.05, 4.69) is 33.5 Å². The maximum atomic E-state index is 5.70. The fourth-order valence-corrected chi connectivity index (χ4v) is 3.26. The molecule has 1 saturated heterocycles. The summed E-state index contributed by atoms with van der Waals surface area (Å²) in [5.74, 6) is 1.87. The van der Waals surface area contributed by atoms with Crippen LogP contribution in [0, 0.1) is 0 Å². The summed E-state index contributed by atoms with van der Waals surface area (Å²) in [5, 5.41) is 6.84. The number of piperidine rings is 1. The summed E-state index contributed by atoms with van der Waals surface area (Å²) >= 11 is 0. The van der Waals surface area contributed by atoms with Crippen LogP contribution in [0.4, 0.5) is 0 Å². The van der Waals surface area contributed by atoms with E-state index < -0.39 is 0 Å². The molecule has 1 aromatic rings. The predicted octanol–water partition coefficient (Wildman–Crippen LogP) is 3.80. The van der Waals surface area contributed by atoms with Gasteiger partial charge in [-0.1, -0.05) is 19.8 Å². The average molecular weight is 492 g/mol. The van der Waals surface area contributed by atoms with Gasteiger partial charge in [-0.15, -0.1) is 24.0 Å². The Hall–Kier alpha value is -0.800. The van der Waals surface area contributed by atoms with Gasteiger partial charge in [0.15, 0.2) is 5.96 Å². The van der Waals surface area contributed by atoms with Crippen molar-refractivity contribution in [1.82, 2.24) is 15.5 Å². The highest BCUT2D eigenvalue weighted by atomic mass is 127. The molecule has 0 aromatic carbocycles. The molecule has 0 amide bonds. The van der Waals surface area contributed by atoms with Gasteiger partial charge in [-0.05, 0) is 50.9 Å². The molecule has 0 saturated carbocycles. The van der Waals surface area contributed by atoms with Crippen molar-refractivity contribution in [2.24, 2.45) is 4.99 Å². The Kier molecular flexibility index (Phi) is 13.6. The number of furan rings is 1. The van der Waals surface area contributed by atoms with Crippen LogP contribution in [0.25, 0.3) is 0 Å². The molecule has 1 aliphatic heterocycles. The Morgan fingerprint density at radius 3 is 2.67 bits per heavy atom. The standard InChI is InChI=1S/C20H36N4O2.HI/c1-3-4-14-25-15-9-11-22-20(21-2)23-17-18(19-10-8-16-26-19)24-12-6-5-7-13-24;/h8,10,16,18H,3-7,9,11-15,17H2,1-2H3,(H2,21,22,23);1H. The lowest BCUT2D eigenvalue weighted by Crippen LogP contribution is -2.44. The van der Waals surface area contributed by atoms with Crippen LogP contribution in [0.2, 0.25) is 0 Å². The molecular formula is C20H37IN4O2. The van der Waals surface area contributed by atoms with Crippen molar-refractivity contribution in [3.05, 3.63) is 24.2 Å². The van der Waals surface area contributed by atoms with Gasteiger partial charge in [0.1, 0.15) is 5.76 Å². The van der Waals surface area contributed by atoms with Gasteiger partial charge in [-0.25, -0.2) is 0 Å². The number of aliphatic imine (C=N–C) groups is 1. The number of hydrogen-bond acceptors (Lipinski definition) is 4. The summed E-state index contributed by atoms with van der Waals surface area (Å²) in [6, 6.07) is 4.30. The molecule has 1 fully saturated rings. The van der Waals surface area contributed by atoms with E-state index in [0.717, 1.165) is 64.0 Å². The molecular weight excluding hydrogens is 455 g/mol. The first kappa shape index (κ1) is 24.2. The summed E-state index contributed by atoms with van der Waals surface area (Å²) in [5.41, 5.74) is 0. The van der Waals surface area contributed by atoms with Gasteiger partial charge in [0.25, 0.3) is 0 Å². The number of guanidine groups is 1. The summed E-state index contributed by atoms with van der Waals surface area (Å²) in [7, 11) is 1.82. The van der Waals surface area contributed by atoms with Gasteiger partial charge in [0.2, 0.25) is 0 Å². The second kappa shape index (κ2) is 15.2. The van der Waals surface area contributed by atoms with E-state index >= 15 is 0 Å². The van der Waals surface area contributed by atoms with E-state index in [4.69, 9.17) is 9.15 Å². The molecule has 1 atom stereocenters. The zero-order chi connectivity index (χ0) is 18.5. The number of unbranched alkanes of at least 4 members (excludes halogenated alkanes) is 1. The Labute approximate surface area is 181 Å². The third-order valence-corrected chi connectivity index (χ3v) is 4.79. The number of rotatable bonds is 11. The molecule has 6 nitrogen and oxygen atoms in total. The maximum Gasteiger partial charge on any atom is 0.191 e. The zero-order valence-electron chi connectivity index (χ0n) is 16.9. The van der Waals surface area contributed by atoms with Gasteiger partial charge in [-0.3, -0.25) is 9.89 Å². The highest BCUT2D eigenvalue weighted by Gasteiger charge is 2.24. The van der Waals surface area contributed by atoms with Crippen LogP contribution in [-0.2, 0) is 4.74 Å². The molecule has 1 unspecified atom stereocenters. The van der Waals surface area contributed by atoms with Gasteiger partial charge < -0.3 is 19.8 Å². The topological polar surface area (TPSA) is 62.0 Å². The van der Waals surface area contributed by atoms with Crippen molar-refractivity contribution in [2.75, 3.05) is 46.4 Å². The van der Waals surface area contributed by atoms with E-state index in [0.29, 0.717) is 0 Å². The molecule has 2 N–H and O–H groups in total. The lowest BCUT2D eigenvalue weighted by atomic mass is 10.1. The number of likely N-dealkylation sites (tertiary alicyclic amines) is 1. The minimum absolute atomic E-state index is 0. The molecule has 0 radical (unpaired) electrons. The van der Waals surface area contributed by atoms with Crippen LogP contribution >= 0.6 is 24.0 Å². The Balaban J connectivity index is 0.00000364. The van der Waals surface area contributed by atoms with Gasteiger partial charge in [0.05, 0.1) is 12.3 Å². The Morgan fingerprint density at radius 2 is 2.00 bits per heavy atom. The van der Waals surface area contributed by atoms with Crippen LogP contribution < -0.4 is 10.6 Å². The molecule has 0 bridgehead atoms. The molecule has 2 rings (SSSR count). The van der Waals surface area contributed by atoms with Crippen LogP contribution in [-0.4, -0.2) is 57.3 Å². The van der Waals surface area contributed by atoms with Crippen molar-refractivity contribution in [3.8, 4) is 0 Å². The lowest BCUT2D eigenvalue weighted by molar-refractivity contribution is 0.129. The monoisotopic (exact) mass is 492 g/mol. The molecule has 0 aliphatic carbocycles. The SMILES string of the molecule is CCCCOCCCNC(=NC)NCC(c1ccco1)N1CCCCC1.I. The number of nitrogens with zero attached hydrogens (tertiary/aromatic N) is 2. The lowest BCUT2D eigenvalue weighted by Gasteiger charge is -2.33. The summed E-state index contributed by atoms with van der Waals surface area (Å²) < 4.78 is 11.3. The van der Waals surface area contributed by atoms with Crippen molar-refractivity contribution >= 4 is 29.9 Å². The molecule has 1 aliphatic rings. The van der Waals surface area contributed by atoms with Crippen molar-refractivity contribution in [2.45, 2.75) is 51.5 Å². The summed E-state index contributed by atoms with van der Waals surface area (Å²) in [4.78, 5) is 6.86. The third-order valence-electron chi connectivity index (χ3n) is 4.79. The molecule has 1 aromatic heterocycles. The molecule has 27 heavy (non-hydrogen) atoms. The second-order valence-electron chi connectivity index (χ2n) is 6.83. The molecule has 2 heterocycles. The quantitative estimate of drug-likeness (QED) is 0.213. The summed E-state index contributed by atoms with van der Waals surface area (Å²) in [6.07, 6.45) is 8.93. The van der Waals surface area contributed by atoms with Crippen LogP contribution in [0.5, 0.6) is 0 Å². The molecule has 156 valence electrons. The van der Waals surface area contributed by atoms with Gasteiger partial charge in [0, 0.05) is 33.4 Å². The highest BCUT2D eigenvalue weighted by molar-refractivity contribution is 14.0. The average Bonchev–Trinajstić information content (AvgIpc) is 3.21. The number of ether oxygens (including phenoxy) is 1. The zero-order valence-corrected chi connectivity index (χ0v) is 19.2. The minimum Gasteiger partial charge on any atom is -0.468 e. The van der Waals surface area contributed by atoms with E-state index in [1.165, 1.54) is 25.7 Å². The van der Waals surface area contributed by atoms with Crippen LogP contribution in [0.3, 0.4) is 0 Å². The molecule has 7 heteroatoms. The normalized spacial score (nSPS) is 16.6. The van der Waals surface area contributed by atoms with Gasteiger partial charge >= 0.3 is 0 Å². The molecule has 0 spiro atoms. The van der Waals surface area contributed by atoms with E-state index in [9.17, 15) is 0 Å². The fraction of sp³-hybridized carbons (Fsp3) is 0.750. The first-order valence-electron chi connectivity index (χ1n) is 10.1. The van der Waals surface area contributed by atoms with Crippen LogP contribution in [0.15, 0.2) is 27.8 Å². The minimum atomic E-state index is 0. The Bertz CT molecular complexity index is 490. The number of halogens is 1. The smallest absolute Gasteiger partial charge is 0.191 e. The first-order valence-corrected chi connectivity index (χ1v) is 10.1. The van der Waals surface area contributed by atoms with E-state index in [1.54, 1.807) is 6.26 Å². The van der Waals surface area contributed by atoms with E-state index in [1.807, 2.05) is 13.1 Å². The van der Waals surface area contributed by atoms with Crippen LogP contribution in [0.1, 0.15) is 57.3 Å². The van der Waals surface area contributed by atoms with Crippen molar-refractivity contribution in [3.63, 3.8) is 0 Å². The van der Waals surface area contributed by atoms with Gasteiger partial charge in [-0.2, -0.15) is 0 Å².